The van der Waals surface area contributed by atoms with E-state index in [1.807, 2.05) is 31.3 Å². The van der Waals surface area contributed by atoms with Crippen LogP contribution in [0.25, 0.3) is 0 Å². The van der Waals surface area contributed by atoms with Crippen molar-refractivity contribution in [3.8, 4) is 0 Å². The minimum atomic E-state index is 0.657. The molecule has 1 aliphatic carbocycles. The third kappa shape index (κ3) is 3.11. The molecule has 0 atom stereocenters. The maximum absolute atomic E-state index is 4.63. The van der Waals surface area contributed by atoms with Crippen LogP contribution in [-0.2, 0) is 0 Å². The van der Waals surface area contributed by atoms with Gasteiger partial charge < -0.3 is 14.7 Å². The highest BCUT2D eigenvalue weighted by atomic mass is 15.4. The Labute approximate surface area is 142 Å². The van der Waals surface area contributed by atoms with E-state index in [2.05, 4.69) is 42.1 Å². The first-order valence-corrected chi connectivity index (χ1v) is 8.54. The van der Waals surface area contributed by atoms with Gasteiger partial charge in [0, 0.05) is 52.4 Å². The first kappa shape index (κ1) is 15.1. The fraction of sp³-hybridized carbons (Fsp3) is 0.529. The van der Waals surface area contributed by atoms with E-state index in [0.29, 0.717) is 5.92 Å². The average molecular weight is 325 g/mol. The van der Waals surface area contributed by atoms with Crippen LogP contribution >= 0.6 is 0 Å². The summed E-state index contributed by atoms with van der Waals surface area (Å²) in [6.07, 6.45) is 4.35. The van der Waals surface area contributed by atoms with Crippen LogP contribution in [0.15, 0.2) is 24.4 Å². The Morgan fingerprint density at radius 3 is 2.33 bits per heavy atom. The van der Waals surface area contributed by atoms with Crippen LogP contribution in [0.1, 0.15) is 24.5 Å². The van der Waals surface area contributed by atoms with Gasteiger partial charge in [-0.1, -0.05) is 0 Å². The molecule has 0 spiro atoms. The summed E-state index contributed by atoms with van der Waals surface area (Å²) in [6.45, 7) is 3.60. The number of aromatic nitrogens is 4. The molecule has 2 fully saturated rings. The maximum Gasteiger partial charge on any atom is 0.227 e. The van der Waals surface area contributed by atoms with E-state index in [-0.39, 0.29) is 0 Å². The Hall–Kier alpha value is -2.44. The number of piperazine rings is 1. The molecule has 2 aromatic heterocycles. The summed E-state index contributed by atoms with van der Waals surface area (Å²) in [7, 11) is 3.99. The molecule has 0 unspecified atom stereocenters. The van der Waals surface area contributed by atoms with Gasteiger partial charge in [0.25, 0.3) is 0 Å². The Bertz CT molecular complexity index is 688. The number of anilines is 3. The summed E-state index contributed by atoms with van der Waals surface area (Å²) in [5.41, 5.74) is 1.14. The lowest BCUT2D eigenvalue weighted by atomic mass is 10.2. The molecule has 0 radical (unpaired) electrons. The standard InChI is InChI=1S/C17H23N7/c1-22(2)15-7-8-18-17(19-15)24-11-9-23(10-12-24)16-6-5-14(20-21-16)13-3-4-13/h5-8,13H,3-4,9-12H2,1-2H3. The first-order chi connectivity index (χ1) is 11.7. The van der Waals surface area contributed by atoms with Crippen molar-refractivity contribution in [2.24, 2.45) is 0 Å². The van der Waals surface area contributed by atoms with Crippen molar-refractivity contribution in [2.45, 2.75) is 18.8 Å². The van der Waals surface area contributed by atoms with Gasteiger partial charge in [-0.25, -0.2) is 4.98 Å². The Morgan fingerprint density at radius 2 is 1.71 bits per heavy atom. The molecule has 0 N–H and O–H groups in total. The summed E-state index contributed by atoms with van der Waals surface area (Å²) < 4.78 is 0. The summed E-state index contributed by atoms with van der Waals surface area (Å²) >= 11 is 0. The third-order valence-corrected chi connectivity index (χ3v) is 4.64. The molecule has 0 bridgehead atoms. The molecule has 1 saturated carbocycles. The predicted octanol–water partition coefficient (Wildman–Crippen LogP) is 1.54. The van der Waals surface area contributed by atoms with E-state index in [1.54, 1.807) is 0 Å². The van der Waals surface area contributed by atoms with Crippen LogP contribution < -0.4 is 14.7 Å². The molecule has 24 heavy (non-hydrogen) atoms. The molecule has 7 nitrogen and oxygen atoms in total. The van der Waals surface area contributed by atoms with Gasteiger partial charge in [-0.2, -0.15) is 10.1 Å². The summed E-state index contributed by atoms with van der Waals surface area (Å²) in [6, 6.07) is 6.17. The molecule has 0 aromatic carbocycles. The predicted molar refractivity (Wildman–Crippen MR) is 94.8 cm³/mol. The zero-order chi connectivity index (χ0) is 16.5. The van der Waals surface area contributed by atoms with E-state index >= 15 is 0 Å². The van der Waals surface area contributed by atoms with Gasteiger partial charge in [0.15, 0.2) is 5.82 Å². The molecule has 2 aromatic rings. The number of hydrogen-bond donors (Lipinski definition) is 0. The van der Waals surface area contributed by atoms with Gasteiger partial charge in [-0.15, -0.1) is 5.10 Å². The first-order valence-electron chi connectivity index (χ1n) is 8.54. The summed E-state index contributed by atoms with van der Waals surface area (Å²) in [5.74, 6) is 3.37. The largest absolute Gasteiger partial charge is 0.363 e. The van der Waals surface area contributed by atoms with Crippen LogP contribution in [0.2, 0.25) is 0 Å². The van der Waals surface area contributed by atoms with Crippen LogP contribution in [0.3, 0.4) is 0 Å². The topological polar surface area (TPSA) is 61.3 Å². The molecule has 3 heterocycles. The van der Waals surface area contributed by atoms with E-state index in [1.165, 1.54) is 12.8 Å². The Morgan fingerprint density at radius 1 is 0.958 bits per heavy atom. The summed E-state index contributed by atoms with van der Waals surface area (Å²) in [5, 5.41) is 8.81. The normalized spacial score (nSPS) is 17.9. The zero-order valence-corrected chi connectivity index (χ0v) is 14.3. The monoisotopic (exact) mass is 325 g/mol. The minimum absolute atomic E-state index is 0.657. The number of nitrogens with zero attached hydrogens (tertiary/aromatic N) is 7. The molecule has 7 heteroatoms. The lowest BCUT2D eigenvalue weighted by Crippen LogP contribution is -2.47. The van der Waals surface area contributed by atoms with Crippen molar-refractivity contribution in [3.05, 3.63) is 30.1 Å². The van der Waals surface area contributed by atoms with E-state index in [9.17, 15) is 0 Å². The maximum atomic E-state index is 4.63. The van der Waals surface area contributed by atoms with Crippen molar-refractivity contribution in [2.75, 3.05) is 55.0 Å². The quantitative estimate of drug-likeness (QED) is 0.845. The smallest absolute Gasteiger partial charge is 0.227 e. The molecule has 1 saturated heterocycles. The van der Waals surface area contributed by atoms with Gasteiger partial charge in [-0.3, -0.25) is 0 Å². The fourth-order valence-electron chi connectivity index (χ4n) is 2.98. The minimum Gasteiger partial charge on any atom is -0.363 e. The molecular weight excluding hydrogens is 302 g/mol. The van der Waals surface area contributed by atoms with E-state index in [4.69, 9.17) is 0 Å². The highest BCUT2D eigenvalue weighted by molar-refractivity contribution is 5.45. The lowest BCUT2D eigenvalue weighted by Gasteiger charge is -2.35. The molecular formula is C17H23N7. The van der Waals surface area contributed by atoms with Gasteiger partial charge >= 0.3 is 0 Å². The van der Waals surface area contributed by atoms with Crippen LogP contribution in [-0.4, -0.2) is 60.4 Å². The number of hydrogen-bond acceptors (Lipinski definition) is 7. The molecule has 1 aliphatic heterocycles. The summed E-state index contributed by atoms with van der Waals surface area (Å²) in [4.78, 5) is 15.6. The SMILES string of the molecule is CN(C)c1ccnc(N2CCN(c3ccc(C4CC4)nn3)CC2)n1. The zero-order valence-electron chi connectivity index (χ0n) is 14.3. The van der Waals surface area contributed by atoms with Crippen molar-refractivity contribution in [1.29, 1.82) is 0 Å². The lowest BCUT2D eigenvalue weighted by molar-refractivity contribution is 0.630. The highest BCUT2D eigenvalue weighted by Crippen LogP contribution is 2.38. The molecule has 126 valence electrons. The van der Waals surface area contributed by atoms with Gasteiger partial charge in [0.2, 0.25) is 5.95 Å². The van der Waals surface area contributed by atoms with Crippen molar-refractivity contribution >= 4 is 17.6 Å². The Kier molecular flexibility index (Phi) is 3.92. The van der Waals surface area contributed by atoms with Crippen molar-refractivity contribution in [1.82, 2.24) is 20.2 Å². The average Bonchev–Trinajstić information content (AvgIpc) is 3.47. The third-order valence-electron chi connectivity index (χ3n) is 4.64. The van der Waals surface area contributed by atoms with E-state index in [0.717, 1.165) is 49.5 Å². The molecule has 2 aliphatic rings. The second kappa shape index (κ2) is 6.22. The second-order valence-electron chi connectivity index (χ2n) is 6.67. The van der Waals surface area contributed by atoms with Gasteiger partial charge in [0.05, 0.1) is 5.69 Å². The van der Waals surface area contributed by atoms with Crippen LogP contribution in [0.5, 0.6) is 0 Å². The highest BCUT2D eigenvalue weighted by Gasteiger charge is 2.26. The van der Waals surface area contributed by atoms with Crippen LogP contribution in [0.4, 0.5) is 17.6 Å². The van der Waals surface area contributed by atoms with E-state index < -0.39 is 0 Å². The van der Waals surface area contributed by atoms with Gasteiger partial charge in [0.1, 0.15) is 5.82 Å². The number of rotatable bonds is 4. The molecule has 4 rings (SSSR count). The van der Waals surface area contributed by atoms with Crippen LogP contribution in [0, 0.1) is 0 Å². The molecule has 0 amide bonds. The fourth-order valence-corrected chi connectivity index (χ4v) is 2.98. The van der Waals surface area contributed by atoms with Crippen molar-refractivity contribution < 1.29 is 0 Å². The van der Waals surface area contributed by atoms with Gasteiger partial charge in [-0.05, 0) is 31.0 Å². The van der Waals surface area contributed by atoms with Crippen molar-refractivity contribution in [3.63, 3.8) is 0 Å². The second-order valence-corrected chi connectivity index (χ2v) is 6.67. The Balaban J connectivity index is 1.40.